The first-order valence-electron chi connectivity index (χ1n) is 11.8. The maximum atomic E-state index is 13.4. The molecule has 1 N–H and O–H groups in total. The smallest absolute Gasteiger partial charge is 0.258 e. The molecule has 0 aliphatic carbocycles. The fraction of sp³-hybridized carbons (Fsp3) is 0.250. The molecule has 2 aliphatic rings. The molecule has 0 saturated carbocycles. The molecular weight excluding hydrogens is 440 g/mol. The van der Waals surface area contributed by atoms with Crippen molar-refractivity contribution in [1.29, 1.82) is 0 Å². The summed E-state index contributed by atoms with van der Waals surface area (Å²) in [5, 5.41) is 3.00. The third kappa shape index (κ3) is 4.03. The summed E-state index contributed by atoms with van der Waals surface area (Å²) < 4.78 is 0. The highest BCUT2D eigenvalue weighted by atomic mass is 16.2. The lowest BCUT2D eigenvalue weighted by Crippen LogP contribution is -2.63. The molecule has 0 radical (unpaired) electrons. The number of amides is 3. The monoisotopic (exact) mass is 468 g/mol. The molecule has 1 fully saturated rings. The molecular formula is C28H28N4O3. The van der Waals surface area contributed by atoms with Gasteiger partial charge in [-0.1, -0.05) is 54.6 Å². The second-order valence-electron chi connectivity index (χ2n) is 9.26. The Hall–Kier alpha value is -4.13. The van der Waals surface area contributed by atoms with Gasteiger partial charge in [-0.15, -0.1) is 0 Å². The second kappa shape index (κ2) is 8.91. The summed E-state index contributed by atoms with van der Waals surface area (Å²) >= 11 is 0. The molecule has 0 bridgehead atoms. The van der Waals surface area contributed by atoms with Crippen LogP contribution in [0.1, 0.15) is 35.7 Å². The van der Waals surface area contributed by atoms with Gasteiger partial charge in [0.2, 0.25) is 11.8 Å². The van der Waals surface area contributed by atoms with Gasteiger partial charge in [0.1, 0.15) is 12.2 Å². The van der Waals surface area contributed by atoms with E-state index in [0.717, 1.165) is 11.3 Å². The van der Waals surface area contributed by atoms with Crippen LogP contribution >= 0.6 is 0 Å². The molecule has 3 aromatic rings. The third-order valence-electron chi connectivity index (χ3n) is 6.90. The molecule has 35 heavy (non-hydrogen) atoms. The van der Waals surface area contributed by atoms with E-state index in [4.69, 9.17) is 0 Å². The molecule has 2 heterocycles. The lowest BCUT2D eigenvalue weighted by molar-refractivity contribution is -0.120. The van der Waals surface area contributed by atoms with Crippen molar-refractivity contribution in [2.24, 2.45) is 0 Å². The highest BCUT2D eigenvalue weighted by Crippen LogP contribution is 2.43. The quantitative estimate of drug-likeness (QED) is 0.587. The van der Waals surface area contributed by atoms with E-state index in [-0.39, 0.29) is 24.3 Å². The van der Waals surface area contributed by atoms with Crippen molar-refractivity contribution in [3.05, 3.63) is 90.0 Å². The number of nitrogens with zero attached hydrogens (tertiary/aromatic N) is 3. The second-order valence-corrected chi connectivity index (χ2v) is 9.26. The van der Waals surface area contributed by atoms with Crippen LogP contribution in [-0.4, -0.2) is 41.9 Å². The van der Waals surface area contributed by atoms with E-state index in [1.54, 1.807) is 23.1 Å². The molecule has 7 heteroatoms. The Morgan fingerprint density at radius 2 is 1.66 bits per heavy atom. The molecule has 0 spiro atoms. The van der Waals surface area contributed by atoms with Crippen molar-refractivity contribution < 1.29 is 14.4 Å². The molecule has 1 atom stereocenters. The summed E-state index contributed by atoms with van der Waals surface area (Å²) in [5.41, 5.74) is 2.90. The maximum absolute atomic E-state index is 13.4. The van der Waals surface area contributed by atoms with E-state index < -0.39 is 5.66 Å². The zero-order chi connectivity index (χ0) is 24.6. The summed E-state index contributed by atoms with van der Waals surface area (Å²) in [4.78, 5) is 44.7. The molecule has 5 rings (SSSR count). The Morgan fingerprint density at radius 1 is 0.971 bits per heavy atom. The van der Waals surface area contributed by atoms with Gasteiger partial charge in [0.15, 0.2) is 0 Å². The topological polar surface area (TPSA) is 73.0 Å². The van der Waals surface area contributed by atoms with Gasteiger partial charge < -0.3 is 15.1 Å². The van der Waals surface area contributed by atoms with Crippen LogP contribution in [0.25, 0.3) is 0 Å². The van der Waals surface area contributed by atoms with E-state index in [2.05, 4.69) is 22.3 Å². The number of carbonyl (C=O) groups excluding carboxylic acids is 3. The van der Waals surface area contributed by atoms with Gasteiger partial charge in [-0.3, -0.25) is 19.3 Å². The fourth-order valence-electron chi connectivity index (χ4n) is 5.13. The van der Waals surface area contributed by atoms with Crippen LogP contribution in [-0.2, 0) is 16.1 Å². The number of anilines is 3. The standard InChI is InChI=1S/C28H28N4O3/c1-28-17-16-26(34)32(28)23-14-8-6-12-21(23)27(35)31(28)19-25(33)29-22-13-7-9-15-24(22)30(2)18-20-10-4-3-5-11-20/h3-15H,16-19H2,1-2H3,(H,29,33). The van der Waals surface area contributed by atoms with E-state index in [1.165, 1.54) is 4.90 Å². The lowest BCUT2D eigenvalue weighted by atomic mass is 9.98. The minimum absolute atomic E-state index is 0.0364. The summed E-state index contributed by atoms with van der Waals surface area (Å²) in [7, 11) is 1.98. The number of hydrogen-bond donors (Lipinski definition) is 1. The number of para-hydroxylation sites is 3. The average molecular weight is 469 g/mol. The van der Waals surface area contributed by atoms with Crippen LogP contribution in [0, 0.1) is 0 Å². The zero-order valence-corrected chi connectivity index (χ0v) is 19.9. The number of benzene rings is 3. The molecule has 3 aromatic carbocycles. The fourth-order valence-corrected chi connectivity index (χ4v) is 5.13. The third-order valence-corrected chi connectivity index (χ3v) is 6.90. The first kappa shape index (κ1) is 22.7. The summed E-state index contributed by atoms with van der Waals surface area (Å²) in [6.07, 6.45) is 0.818. The Bertz CT molecular complexity index is 1290. The van der Waals surface area contributed by atoms with Gasteiger partial charge in [-0.2, -0.15) is 0 Å². The first-order chi connectivity index (χ1) is 16.9. The molecule has 1 unspecified atom stereocenters. The van der Waals surface area contributed by atoms with Gasteiger partial charge in [-0.25, -0.2) is 0 Å². The average Bonchev–Trinajstić information content (AvgIpc) is 3.18. The predicted molar refractivity (Wildman–Crippen MR) is 136 cm³/mol. The zero-order valence-electron chi connectivity index (χ0n) is 19.9. The Balaban J connectivity index is 1.38. The van der Waals surface area contributed by atoms with Crippen LogP contribution in [0.5, 0.6) is 0 Å². The molecule has 7 nitrogen and oxygen atoms in total. The number of fused-ring (bicyclic) bond motifs is 3. The Morgan fingerprint density at radius 3 is 2.46 bits per heavy atom. The summed E-state index contributed by atoms with van der Waals surface area (Å²) in [6, 6.07) is 24.8. The number of nitrogens with one attached hydrogen (secondary N) is 1. The van der Waals surface area contributed by atoms with E-state index in [0.29, 0.717) is 36.3 Å². The van der Waals surface area contributed by atoms with Gasteiger partial charge in [0.25, 0.3) is 5.91 Å². The van der Waals surface area contributed by atoms with Crippen LogP contribution in [0.2, 0.25) is 0 Å². The first-order valence-corrected chi connectivity index (χ1v) is 11.8. The minimum Gasteiger partial charge on any atom is -0.369 e. The highest BCUT2D eigenvalue weighted by molar-refractivity contribution is 6.11. The molecule has 1 saturated heterocycles. The van der Waals surface area contributed by atoms with Gasteiger partial charge in [0, 0.05) is 20.0 Å². The molecule has 178 valence electrons. The van der Waals surface area contributed by atoms with Crippen molar-refractivity contribution in [3.8, 4) is 0 Å². The van der Waals surface area contributed by atoms with Crippen LogP contribution in [0.4, 0.5) is 17.1 Å². The van der Waals surface area contributed by atoms with Crippen molar-refractivity contribution in [2.45, 2.75) is 32.0 Å². The van der Waals surface area contributed by atoms with E-state index in [1.807, 2.05) is 62.5 Å². The minimum atomic E-state index is -0.872. The Labute approximate surface area is 204 Å². The number of hydrogen-bond acceptors (Lipinski definition) is 4. The van der Waals surface area contributed by atoms with Crippen LogP contribution < -0.4 is 15.1 Å². The lowest BCUT2D eigenvalue weighted by Gasteiger charge is -2.48. The van der Waals surface area contributed by atoms with Gasteiger partial charge in [0.05, 0.1) is 22.6 Å². The van der Waals surface area contributed by atoms with Crippen molar-refractivity contribution in [2.75, 3.05) is 28.7 Å². The van der Waals surface area contributed by atoms with Crippen LogP contribution in [0.15, 0.2) is 78.9 Å². The van der Waals surface area contributed by atoms with Crippen molar-refractivity contribution in [3.63, 3.8) is 0 Å². The largest absolute Gasteiger partial charge is 0.369 e. The summed E-state index contributed by atoms with van der Waals surface area (Å²) in [5.74, 6) is -0.580. The maximum Gasteiger partial charge on any atom is 0.258 e. The molecule has 3 amide bonds. The van der Waals surface area contributed by atoms with Crippen LogP contribution in [0.3, 0.4) is 0 Å². The van der Waals surface area contributed by atoms with E-state index in [9.17, 15) is 14.4 Å². The van der Waals surface area contributed by atoms with Gasteiger partial charge in [-0.05, 0) is 43.2 Å². The number of carbonyl (C=O) groups is 3. The molecule has 2 aliphatic heterocycles. The van der Waals surface area contributed by atoms with Crippen molar-refractivity contribution >= 4 is 34.8 Å². The normalized spacial score (nSPS) is 18.8. The number of rotatable bonds is 6. The Kier molecular flexibility index (Phi) is 5.76. The predicted octanol–water partition coefficient (Wildman–Crippen LogP) is 4.26. The summed E-state index contributed by atoms with van der Waals surface area (Å²) in [6.45, 7) is 2.40. The SMILES string of the molecule is CN(Cc1ccccc1)c1ccccc1NC(=O)CN1C(=O)c2ccccc2N2C(=O)CCC12C. The van der Waals surface area contributed by atoms with Gasteiger partial charge >= 0.3 is 0 Å². The van der Waals surface area contributed by atoms with Crippen molar-refractivity contribution in [1.82, 2.24) is 4.90 Å². The highest BCUT2D eigenvalue weighted by Gasteiger charge is 2.53. The van der Waals surface area contributed by atoms with E-state index >= 15 is 0 Å². The molecule has 0 aromatic heterocycles.